The number of amides is 1. The van der Waals surface area contributed by atoms with Gasteiger partial charge < -0.3 is 5.32 Å². The van der Waals surface area contributed by atoms with E-state index in [1.54, 1.807) is 31.2 Å². The number of aromatic nitrogens is 3. The molecule has 0 fully saturated rings. The first-order chi connectivity index (χ1) is 16.4. The molecule has 0 saturated heterocycles. The first-order valence-electron chi connectivity index (χ1n) is 10.3. The largest absolute Gasteiger partial charge is 0.319 e. The Labute approximate surface area is 205 Å². The zero-order valence-electron chi connectivity index (χ0n) is 18.1. The number of nitrogens with one attached hydrogen (secondary N) is 1. The normalized spacial score (nSPS) is 10.8. The molecule has 1 N–H and O–H groups in total. The maximum atomic E-state index is 12.7. The predicted molar refractivity (Wildman–Crippen MR) is 133 cm³/mol. The first kappa shape index (κ1) is 23.5. The Balaban J connectivity index is 1.57. The van der Waals surface area contributed by atoms with E-state index < -0.39 is 4.92 Å². The standard InChI is InChI=1S/C24H20ClN5O3S/c1-16-6-5-9-20(30(32)33)22(16)26-21(31)15-34-24-28-27-23(18-10-12-19(25)13-11-18)29(24)14-17-7-3-2-4-8-17/h2-13H,14-15H2,1H3,(H,26,31). The van der Waals surface area contributed by atoms with Gasteiger partial charge in [-0.2, -0.15) is 0 Å². The van der Waals surface area contributed by atoms with Crippen LogP contribution in [0.5, 0.6) is 0 Å². The molecule has 172 valence electrons. The maximum Gasteiger partial charge on any atom is 0.293 e. The van der Waals surface area contributed by atoms with Crippen molar-refractivity contribution >= 4 is 40.6 Å². The minimum absolute atomic E-state index is 0.0129. The van der Waals surface area contributed by atoms with Crippen LogP contribution in [0.1, 0.15) is 11.1 Å². The highest BCUT2D eigenvalue weighted by atomic mass is 35.5. The monoisotopic (exact) mass is 493 g/mol. The summed E-state index contributed by atoms with van der Waals surface area (Å²) in [5, 5.41) is 23.8. The lowest BCUT2D eigenvalue weighted by Gasteiger charge is -2.11. The molecular weight excluding hydrogens is 474 g/mol. The van der Waals surface area contributed by atoms with Crippen LogP contribution in [0.15, 0.2) is 78.0 Å². The first-order valence-corrected chi connectivity index (χ1v) is 11.7. The van der Waals surface area contributed by atoms with Gasteiger partial charge in [-0.25, -0.2) is 0 Å². The quantitative estimate of drug-likeness (QED) is 0.195. The van der Waals surface area contributed by atoms with Gasteiger partial charge in [0.2, 0.25) is 5.91 Å². The van der Waals surface area contributed by atoms with Crippen molar-refractivity contribution in [1.29, 1.82) is 0 Å². The van der Waals surface area contributed by atoms with Crippen LogP contribution in [0.25, 0.3) is 11.4 Å². The summed E-state index contributed by atoms with van der Waals surface area (Å²) in [6, 6.07) is 21.8. The molecule has 3 aromatic carbocycles. The topological polar surface area (TPSA) is 103 Å². The number of hydrogen-bond acceptors (Lipinski definition) is 6. The van der Waals surface area contributed by atoms with E-state index in [9.17, 15) is 14.9 Å². The number of carbonyl (C=O) groups is 1. The molecule has 4 rings (SSSR count). The molecule has 10 heteroatoms. The van der Waals surface area contributed by atoms with E-state index in [1.165, 1.54) is 17.8 Å². The van der Waals surface area contributed by atoms with Gasteiger partial charge in [0, 0.05) is 16.7 Å². The number of aryl methyl sites for hydroxylation is 1. The van der Waals surface area contributed by atoms with Crippen LogP contribution in [-0.2, 0) is 11.3 Å². The van der Waals surface area contributed by atoms with E-state index in [2.05, 4.69) is 15.5 Å². The number of rotatable bonds is 8. The minimum atomic E-state index is -0.509. The average molecular weight is 494 g/mol. The number of nitro benzene ring substituents is 1. The fraction of sp³-hybridized carbons (Fsp3) is 0.125. The molecule has 34 heavy (non-hydrogen) atoms. The molecular formula is C24H20ClN5O3S. The number of benzene rings is 3. The maximum absolute atomic E-state index is 12.7. The zero-order chi connectivity index (χ0) is 24.1. The smallest absolute Gasteiger partial charge is 0.293 e. The summed E-state index contributed by atoms with van der Waals surface area (Å²) in [6.07, 6.45) is 0. The van der Waals surface area contributed by atoms with Crippen molar-refractivity contribution in [3.8, 4) is 11.4 Å². The van der Waals surface area contributed by atoms with Crippen LogP contribution >= 0.6 is 23.4 Å². The zero-order valence-corrected chi connectivity index (χ0v) is 19.7. The lowest BCUT2D eigenvalue weighted by molar-refractivity contribution is -0.384. The highest BCUT2D eigenvalue weighted by Crippen LogP contribution is 2.29. The molecule has 1 heterocycles. The number of para-hydroxylation sites is 1. The molecule has 0 spiro atoms. The van der Waals surface area contributed by atoms with Crippen molar-refractivity contribution in [3.63, 3.8) is 0 Å². The number of hydrogen-bond donors (Lipinski definition) is 1. The van der Waals surface area contributed by atoms with Gasteiger partial charge in [-0.15, -0.1) is 10.2 Å². The molecule has 0 unspecified atom stereocenters. The summed E-state index contributed by atoms with van der Waals surface area (Å²) in [7, 11) is 0. The molecule has 0 saturated carbocycles. The summed E-state index contributed by atoms with van der Waals surface area (Å²) in [4.78, 5) is 23.5. The number of nitrogens with zero attached hydrogens (tertiary/aromatic N) is 4. The van der Waals surface area contributed by atoms with Gasteiger partial charge in [0.25, 0.3) is 5.69 Å². The molecule has 0 atom stereocenters. The molecule has 0 bridgehead atoms. The Morgan fingerprint density at radius 1 is 1.06 bits per heavy atom. The Morgan fingerprint density at radius 2 is 1.79 bits per heavy atom. The molecule has 1 amide bonds. The third-order valence-corrected chi connectivity index (χ3v) is 6.27. The highest BCUT2D eigenvalue weighted by molar-refractivity contribution is 7.99. The predicted octanol–water partition coefficient (Wildman–Crippen LogP) is 5.59. The summed E-state index contributed by atoms with van der Waals surface area (Å²) in [5.41, 5.74) is 2.57. The fourth-order valence-electron chi connectivity index (χ4n) is 3.39. The van der Waals surface area contributed by atoms with Crippen LogP contribution in [0.3, 0.4) is 0 Å². The second kappa shape index (κ2) is 10.5. The number of halogens is 1. The fourth-order valence-corrected chi connectivity index (χ4v) is 4.25. The van der Waals surface area contributed by atoms with Crippen LogP contribution in [0.2, 0.25) is 5.02 Å². The van der Waals surface area contributed by atoms with Gasteiger partial charge in [0.15, 0.2) is 11.0 Å². The molecule has 0 aliphatic rings. The minimum Gasteiger partial charge on any atom is -0.319 e. The third kappa shape index (κ3) is 5.44. The second-order valence-corrected chi connectivity index (χ2v) is 8.83. The van der Waals surface area contributed by atoms with Crippen LogP contribution in [-0.4, -0.2) is 31.3 Å². The van der Waals surface area contributed by atoms with Crippen molar-refractivity contribution in [2.24, 2.45) is 0 Å². The molecule has 0 radical (unpaired) electrons. The van der Waals surface area contributed by atoms with E-state index >= 15 is 0 Å². The van der Waals surface area contributed by atoms with Crippen LogP contribution in [0, 0.1) is 17.0 Å². The lowest BCUT2D eigenvalue weighted by atomic mass is 10.1. The molecule has 8 nitrogen and oxygen atoms in total. The Bertz CT molecular complexity index is 1330. The van der Waals surface area contributed by atoms with Gasteiger partial charge >= 0.3 is 0 Å². The Kier molecular flexibility index (Phi) is 7.24. The van der Waals surface area contributed by atoms with Gasteiger partial charge in [0.05, 0.1) is 17.2 Å². The summed E-state index contributed by atoms with van der Waals surface area (Å²) < 4.78 is 1.94. The summed E-state index contributed by atoms with van der Waals surface area (Å²) in [6.45, 7) is 2.23. The lowest BCUT2D eigenvalue weighted by Crippen LogP contribution is -2.16. The van der Waals surface area contributed by atoms with Crippen molar-refractivity contribution in [2.45, 2.75) is 18.6 Å². The average Bonchev–Trinajstić information content (AvgIpc) is 3.22. The van der Waals surface area contributed by atoms with E-state index in [0.29, 0.717) is 28.1 Å². The van der Waals surface area contributed by atoms with Gasteiger partial charge in [-0.1, -0.05) is 65.8 Å². The SMILES string of the molecule is Cc1cccc([N+](=O)[O-])c1NC(=O)CSc1nnc(-c2ccc(Cl)cc2)n1Cc1ccccc1. The highest BCUT2D eigenvalue weighted by Gasteiger charge is 2.20. The van der Waals surface area contributed by atoms with Gasteiger partial charge in [-0.3, -0.25) is 19.5 Å². The van der Waals surface area contributed by atoms with Crippen molar-refractivity contribution in [3.05, 3.63) is 99.1 Å². The van der Waals surface area contributed by atoms with E-state index in [0.717, 1.165) is 11.1 Å². The number of nitro groups is 1. The number of carbonyl (C=O) groups excluding carboxylic acids is 1. The van der Waals surface area contributed by atoms with Crippen molar-refractivity contribution in [2.75, 3.05) is 11.1 Å². The van der Waals surface area contributed by atoms with Crippen molar-refractivity contribution in [1.82, 2.24) is 14.8 Å². The van der Waals surface area contributed by atoms with E-state index in [1.807, 2.05) is 47.0 Å². The number of thioether (sulfide) groups is 1. The third-order valence-electron chi connectivity index (χ3n) is 5.05. The van der Waals surface area contributed by atoms with E-state index in [-0.39, 0.29) is 23.0 Å². The molecule has 0 aliphatic carbocycles. The Morgan fingerprint density at radius 3 is 2.50 bits per heavy atom. The second-order valence-electron chi connectivity index (χ2n) is 7.45. The van der Waals surface area contributed by atoms with Crippen LogP contribution < -0.4 is 5.32 Å². The van der Waals surface area contributed by atoms with Gasteiger partial charge in [-0.05, 0) is 42.3 Å². The molecule has 0 aliphatic heterocycles. The molecule has 1 aromatic heterocycles. The van der Waals surface area contributed by atoms with Crippen LogP contribution in [0.4, 0.5) is 11.4 Å². The Hall–Kier alpha value is -3.69. The summed E-state index contributed by atoms with van der Waals surface area (Å²) >= 11 is 7.25. The molecule has 4 aromatic rings. The van der Waals surface area contributed by atoms with E-state index in [4.69, 9.17) is 11.6 Å². The number of anilines is 1. The summed E-state index contributed by atoms with van der Waals surface area (Å²) in [5.74, 6) is 0.293. The van der Waals surface area contributed by atoms with Crippen molar-refractivity contribution < 1.29 is 9.72 Å². The van der Waals surface area contributed by atoms with Gasteiger partial charge in [0.1, 0.15) is 5.69 Å².